The number of aliphatic hydroxyl groups is 8. The number of aliphatic hydroxyl groups excluding tert-OH is 8. The van der Waals surface area contributed by atoms with Crippen LogP contribution >= 0.6 is 136 Å². The standard InChI is InChI=1S/C32H38I6N6O15/c33-21-17(30(56)40-5-13(51)8-46)23(35)27(41-15(53)10-48)25(37)19(21)31(57)43(7-14(52)9-47)6-12(50)4-39-29(55)18-22(34)20(32(58)44(59)2-1-3-45)26(38)28(24(18)36)42-16(54)11-49/h12-14,45-52,59H,1-11H2,(H,39,55)(H,40,56)(H,41,53)(H,42,54). The van der Waals surface area contributed by atoms with Gasteiger partial charge in [-0.2, -0.15) is 0 Å². The molecular weight excluding hydrogens is 1470 g/mol. The molecule has 328 valence electrons. The van der Waals surface area contributed by atoms with Crippen molar-refractivity contribution >= 4 is 182 Å². The van der Waals surface area contributed by atoms with Crippen LogP contribution in [0.15, 0.2) is 0 Å². The third kappa shape index (κ3) is 14.7. The molecule has 3 atom stereocenters. The van der Waals surface area contributed by atoms with Crippen molar-refractivity contribution in [2.45, 2.75) is 24.7 Å². The third-order valence-corrected chi connectivity index (χ3v) is 14.1. The van der Waals surface area contributed by atoms with Crippen LogP contribution in [0.4, 0.5) is 11.4 Å². The highest BCUT2D eigenvalue weighted by molar-refractivity contribution is 14.1. The number of hydrogen-bond donors (Lipinski definition) is 13. The van der Waals surface area contributed by atoms with Crippen molar-refractivity contribution in [2.24, 2.45) is 0 Å². The van der Waals surface area contributed by atoms with Crippen molar-refractivity contribution in [3.05, 3.63) is 43.7 Å². The fourth-order valence-corrected chi connectivity index (χ4v) is 13.6. The lowest BCUT2D eigenvalue weighted by molar-refractivity contribution is -0.119. The second-order valence-corrected chi connectivity index (χ2v) is 18.5. The van der Waals surface area contributed by atoms with Crippen molar-refractivity contribution in [1.82, 2.24) is 20.6 Å². The zero-order valence-electron chi connectivity index (χ0n) is 30.1. The summed E-state index contributed by atoms with van der Waals surface area (Å²) < 4.78 is 0.497. The van der Waals surface area contributed by atoms with E-state index in [1.54, 1.807) is 136 Å². The van der Waals surface area contributed by atoms with Crippen LogP contribution in [0.1, 0.15) is 47.9 Å². The minimum atomic E-state index is -1.59. The van der Waals surface area contributed by atoms with Gasteiger partial charge >= 0.3 is 0 Å². The van der Waals surface area contributed by atoms with Crippen LogP contribution in [-0.2, 0) is 9.59 Å². The molecule has 2 rings (SSSR count). The van der Waals surface area contributed by atoms with E-state index in [1.165, 1.54) is 0 Å². The molecule has 0 heterocycles. The first-order valence-corrected chi connectivity index (χ1v) is 23.1. The number of halogens is 6. The van der Waals surface area contributed by atoms with Crippen molar-refractivity contribution in [3.8, 4) is 0 Å². The Balaban J connectivity index is 2.61. The Morgan fingerprint density at radius 2 is 0.932 bits per heavy atom. The number of anilines is 2. The summed E-state index contributed by atoms with van der Waals surface area (Å²) in [5, 5.41) is 98.8. The Bertz CT molecular complexity index is 1910. The summed E-state index contributed by atoms with van der Waals surface area (Å²) in [5.41, 5.74) is -0.815. The molecule has 3 unspecified atom stereocenters. The number of nitrogens with zero attached hydrogens (tertiary/aromatic N) is 2. The Labute approximate surface area is 417 Å². The molecule has 0 fully saturated rings. The van der Waals surface area contributed by atoms with Gasteiger partial charge in [-0.25, -0.2) is 5.06 Å². The normalized spacial score (nSPS) is 12.6. The van der Waals surface area contributed by atoms with Crippen LogP contribution in [-0.4, -0.2) is 176 Å². The van der Waals surface area contributed by atoms with Gasteiger partial charge in [-0.1, -0.05) is 0 Å². The zero-order chi connectivity index (χ0) is 44.9. The van der Waals surface area contributed by atoms with E-state index in [2.05, 4.69) is 21.3 Å². The molecule has 13 N–H and O–H groups in total. The van der Waals surface area contributed by atoms with Crippen LogP contribution in [0.3, 0.4) is 0 Å². The smallest absolute Gasteiger partial charge is 0.279 e. The van der Waals surface area contributed by atoms with E-state index in [4.69, 9.17) is 5.11 Å². The van der Waals surface area contributed by atoms with Crippen LogP contribution < -0.4 is 21.3 Å². The number of nitrogens with one attached hydrogen (secondary N) is 4. The highest BCUT2D eigenvalue weighted by Crippen LogP contribution is 2.38. The van der Waals surface area contributed by atoms with Crippen LogP contribution in [0, 0.1) is 21.4 Å². The molecule has 0 aliphatic rings. The van der Waals surface area contributed by atoms with Gasteiger partial charge in [0.1, 0.15) is 13.2 Å². The summed E-state index contributed by atoms with van der Waals surface area (Å²) in [4.78, 5) is 80.4. The van der Waals surface area contributed by atoms with Gasteiger partial charge in [0.25, 0.3) is 23.6 Å². The summed E-state index contributed by atoms with van der Waals surface area (Å²) in [6, 6.07) is 0. The van der Waals surface area contributed by atoms with Crippen molar-refractivity contribution in [3.63, 3.8) is 0 Å². The molecule has 0 bridgehead atoms. The molecule has 59 heavy (non-hydrogen) atoms. The van der Waals surface area contributed by atoms with Gasteiger partial charge < -0.3 is 67.0 Å². The Morgan fingerprint density at radius 1 is 0.542 bits per heavy atom. The number of rotatable bonds is 21. The Hall–Kier alpha value is -0.720. The third-order valence-electron chi connectivity index (χ3n) is 7.66. The van der Waals surface area contributed by atoms with Gasteiger partial charge in [0, 0.05) is 39.9 Å². The van der Waals surface area contributed by atoms with Crippen molar-refractivity contribution in [2.75, 3.05) is 76.4 Å². The number of carbonyl (C=O) groups excluding carboxylic acids is 6. The van der Waals surface area contributed by atoms with Crippen molar-refractivity contribution in [1.29, 1.82) is 0 Å². The fourth-order valence-electron chi connectivity index (χ4n) is 4.82. The molecular formula is C32H38I6N6O15. The molecule has 6 amide bonds. The number of amides is 6. The summed E-state index contributed by atoms with van der Waals surface area (Å²) in [6.07, 6.45) is -4.44. The minimum absolute atomic E-state index is 0.0181. The fraction of sp³-hybridized carbons (Fsp3) is 0.438. The van der Waals surface area contributed by atoms with Crippen molar-refractivity contribution < 1.29 is 74.8 Å². The highest BCUT2D eigenvalue weighted by Gasteiger charge is 2.34. The topological polar surface area (TPSA) is 339 Å². The van der Waals surface area contributed by atoms with Gasteiger partial charge in [0.2, 0.25) is 11.8 Å². The molecule has 0 aliphatic carbocycles. The van der Waals surface area contributed by atoms with E-state index >= 15 is 0 Å². The van der Waals surface area contributed by atoms with E-state index in [0.717, 1.165) is 4.90 Å². The van der Waals surface area contributed by atoms with Gasteiger partial charge in [-0.05, 0) is 142 Å². The minimum Gasteiger partial charge on any atom is -0.396 e. The van der Waals surface area contributed by atoms with Gasteiger partial charge in [-0.15, -0.1) is 0 Å². The molecule has 21 nitrogen and oxygen atoms in total. The average molecular weight is 1510 g/mol. The number of hydrogen-bond acceptors (Lipinski definition) is 15. The van der Waals surface area contributed by atoms with E-state index < -0.39 is 99.8 Å². The lowest BCUT2D eigenvalue weighted by Crippen LogP contribution is -2.47. The molecule has 2 aromatic rings. The van der Waals surface area contributed by atoms with Gasteiger partial charge in [0.05, 0.1) is 86.0 Å². The molecule has 0 saturated heterocycles. The maximum atomic E-state index is 14.4. The Morgan fingerprint density at radius 3 is 1.34 bits per heavy atom. The van der Waals surface area contributed by atoms with Crippen LogP contribution in [0.25, 0.3) is 0 Å². The second kappa shape index (κ2) is 26.2. The average Bonchev–Trinajstić information content (AvgIpc) is 3.20. The molecule has 0 aromatic heterocycles. The quantitative estimate of drug-likeness (QED) is 0.0408. The lowest BCUT2D eigenvalue weighted by atomic mass is 10.1. The summed E-state index contributed by atoms with van der Waals surface area (Å²) in [6.45, 7) is -6.16. The predicted octanol–water partition coefficient (Wildman–Crippen LogP) is -0.941. The Kier molecular flexibility index (Phi) is 24.1. The number of carbonyl (C=O) groups is 6. The highest BCUT2D eigenvalue weighted by atomic mass is 127. The SMILES string of the molecule is O=C(CO)Nc1c(I)c(C(=O)NCC(O)CN(CC(O)CO)C(=O)c2c(I)c(NC(=O)CO)c(I)c(C(=O)NCC(O)CO)c2I)c(I)c(C(=O)N(O)CCCO)c1I. The molecule has 0 spiro atoms. The van der Waals surface area contributed by atoms with Gasteiger partial charge in [0.15, 0.2) is 0 Å². The zero-order valence-corrected chi connectivity index (χ0v) is 43.1. The van der Waals surface area contributed by atoms with E-state index in [0.29, 0.717) is 5.06 Å². The largest absolute Gasteiger partial charge is 0.396 e. The molecule has 0 aliphatic heterocycles. The maximum Gasteiger partial charge on any atom is 0.279 e. The van der Waals surface area contributed by atoms with Crippen LogP contribution in [0.5, 0.6) is 0 Å². The lowest BCUT2D eigenvalue weighted by Gasteiger charge is -2.29. The molecule has 2 aromatic carbocycles. The summed E-state index contributed by atoms with van der Waals surface area (Å²) in [5.74, 6) is -5.37. The van der Waals surface area contributed by atoms with E-state index in [-0.39, 0.29) is 81.2 Å². The summed E-state index contributed by atoms with van der Waals surface area (Å²) >= 11 is 10.3. The second-order valence-electron chi connectivity index (χ2n) is 12.0. The molecule has 0 saturated carbocycles. The maximum absolute atomic E-state index is 14.4. The number of benzene rings is 2. The number of hydroxylamine groups is 2. The first-order valence-electron chi connectivity index (χ1n) is 16.7. The van der Waals surface area contributed by atoms with E-state index in [1.807, 2.05) is 0 Å². The van der Waals surface area contributed by atoms with Crippen LogP contribution in [0.2, 0.25) is 0 Å². The molecule has 0 radical (unpaired) electrons. The monoisotopic (exact) mass is 1510 g/mol. The van der Waals surface area contributed by atoms with E-state index in [9.17, 15) is 69.7 Å². The summed E-state index contributed by atoms with van der Waals surface area (Å²) in [7, 11) is 0. The first-order chi connectivity index (χ1) is 27.7. The first kappa shape index (κ1) is 54.4. The predicted molar refractivity (Wildman–Crippen MR) is 258 cm³/mol. The van der Waals surface area contributed by atoms with Gasteiger partial charge in [-0.3, -0.25) is 34.0 Å². The molecule has 27 heteroatoms.